The van der Waals surface area contributed by atoms with E-state index in [1.54, 1.807) is 24.3 Å². The van der Waals surface area contributed by atoms with E-state index in [1.807, 2.05) is 0 Å². The molecule has 1 heterocycles. The van der Waals surface area contributed by atoms with Crippen LogP contribution in [0.25, 0.3) is 0 Å². The Morgan fingerprint density at radius 2 is 2.33 bits per heavy atom. The van der Waals surface area contributed by atoms with Crippen LogP contribution in [0.1, 0.15) is 18.1 Å². The standard InChI is InChI=1S/C11H15NO2S/c1-8(11(13)14)3-4-12-5-10-7-15-6-9(10)2/h3,6-7,12H,4-5H2,1-2H3,(H,13,14)/b8-3-. The maximum atomic E-state index is 10.5. The largest absolute Gasteiger partial charge is 0.478 e. The fourth-order valence-corrected chi connectivity index (χ4v) is 1.94. The van der Waals surface area contributed by atoms with E-state index in [4.69, 9.17) is 5.11 Å². The lowest BCUT2D eigenvalue weighted by atomic mass is 10.2. The van der Waals surface area contributed by atoms with Crippen molar-refractivity contribution in [1.82, 2.24) is 5.32 Å². The molecule has 0 saturated carbocycles. The molecule has 0 aliphatic rings. The van der Waals surface area contributed by atoms with Crippen LogP contribution in [0, 0.1) is 6.92 Å². The van der Waals surface area contributed by atoms with Crippen LogP contribution >= 0.6 is 11.3 Å². The van der Waals surface area contributed by atoms with Crippen LogP contribution in [0.3, 0.4) is 0 Å². The quantitative estimate of drug-likeness (QED) is 0.596. The lowest BCUT2D eigenvalue weighted by molar-refractivity contribution is -0.132. The second-order valence-corrected chi connectivity index (χ2v) is 4.15. The highest BCUT2D eigenvalue weighted by molar-refractivity contribution is 7.08. The minimum absolute atomic E-state index is 0.379. The number of carbonyl (C=O) groups is 1. The molecule has 0 radical (unpaired) electrons. The Morgan fingerprint density at radius 1 is 1.60 bits per heavy atom. The van der Waals surface area contributed by atoms with E-state index in [9.17, 15) is 4.79 Å². The Labute approximate surface area is 93.4 Å². The minimum Gasteiger partial charge on any atom is -0.478 e. The summed E-state index contributed by atoms with van der Waals surface area (Å²) in [6, 6.07) is 0. The lowest BCUT2D eigenvalue weighted by Gasteiger charge is -2.01. The Bertz CT molecular complexity index is 368. The number of aliphatic carboxylic acids is 1. The third kappa shape index (κ3) is 3.85. The number of thiophene rings is 1. The first-order valence-electron chi connectivity index (χ1n) is 4.73. The Hall–Kier alpha value is -1.13. The summed E-state index contributed by atoms with van der Waals surface area (Å²) in [4.78, 5) is 10.5. The van der Waals surface area contributed by atoms with Crippen LogP contribution < -0.4 is 5.32 Å². The second kappa shape index (κ2) is 5.68. The molecule has 0 fully saturated rings. The van der Waals surface area contributed by atoms with Crippen LogP contribution in [0.4, 0.5) is 0 Å². The highest BCUT2D eigenvalue weighted by Crippen LogP contribution is 2.12. The molecule has 0 amide bonds. The fraction of sp³-hybridized carbons (Fsp3) is 0.364. The summed E-state index contributed by atoms with van der Waals surface area (Å²) in [6.45, 7) is 5.05. The average Bonchev–Trinajstić information content (AvgIpc) is 2.58. The van der Waals surface area contributed by atoms with Gasteiger partial charge >= 0.3 is 5.97 Å². The van der Waals surface area contributed by atoms with Gasteiger partial charge in [-0.05, 0) is 35.7 Å². The van der Waals surface area contributed by atoms with Crippen LogP contribution in [0.5, 0.6) is 0 Å². The van der Waals surface area contributed by atoms with Crippen molar-refractivity contribution in [1.29, 1.82) is 0 Å². The van der Waals surface area contributed by atoms with Gasteiger partial charge in [-0.1, -0.05) is 6.08 Å². The molecule has 0 aliphatic heterocycles. The van der Waals surface area contributed by atoms with Gasteiger partial charge in [-0.3, -0.25) is 0 Å². The Balaban J connectivity index is 2.32. The minimum atomic E-state index is -0.858. The van der Waals surface area contributed by atoms with Crippen molar-refractivity contribution in [2.45, 2.75) is 20.4 Å². The third-order valence-corrected chi connectivity index (χ3v) is 3.08. The molecule has 0 unspecified atom stereocenters. The summed E-state index contributed by atoms with van der Waals surface area (Å²) in [5.74, 6) is -0.858. The molecular weight excluding hydrogens is 210 g/mol. The predicted molar refractivity (Wildman–Crippen MR) is 62.2 cm³/mol. The van der Waals surface area contributed by atoms with Gasteiger partial charge in [-0.15, -0.1) is 0 Å². The van der Waals surface area contributed by atoms with Crippen molar-refractivity contribution in [2.24, 2.45) is 0 Å². The summed E-state index contributed by atoms with van der Waals surface area (Å²) >= 11 is 1.69. The van der Waals surface area contributed by atoms with Crippen molar-refractivity contribution >= 4 is 17.3 Å². The van der Waals surface area contributed by atoms with E-state index in [2.05, 4.69) is 23.0 Å². The van der Waals surface area contributed by atoms with E-state index in [0.717, 1.165) is 6.54 Å². The van der Waals surface area contributed by atoms with Crippen LogP contribution in [0.2, 0.25) is 0 Å². The van der Waals surface area contributed by atoms with Crippen molar-refractivity contribution < 1.29 is 9.90 Å². The Kier molecular flexibility index (Phi) is 4.52. The van der Waals surface area contributed by atoms with Crippen LogP contribution in [-0.2, 0) is 11.3 Å². The highest BCUT2D eigenvalue weighted by atomic mass is 32.1. The molecule has 0 atom stereocenters. The third-order valence-electron chi connectivity index (χ3n) is 2.17. The van der Waals surface area contributed by atoms with Gasteiger partial charge in [0.1, 0.15) is 0 Å². The van der Waals surface area contributed by atoms with E-state index in [0.29, 0.717) is 12.1 Å². The number of nitrogens with one attached hydrogen (secondary N) is 1. The molecule has 2 N–H and O–H groups in total. The first-order chi connectivity index (χ1) is 7.11. The van der Waals surface area contributed by atoms with E-state index < -0.39 is 5.97 Å². The van der Waals surface area contributed by atoms with Gasteiger partial charge in [0.25, 0.3) is 0 Å². The van der Waals surface area contributed by atoms with Gasteiger partial charge in [-0.25, -0.2) is 4.79 Å². The average molecular weight is 225 g/mol. The highest BCUT2D eigenvalue weighted by Gasteiger charge is 1.99. The second-order valence-electron chi connectivity index (χ2n) is 3.40. The van der Waals surface area contributed by atoms with Gasteiger partial charge in [0.15, 0.2) is 0 Å². The predicted octanol–water partition coefficient (Wildman–Crippen LogP) is 2.18. The summed E-state index contributed by atoms with van der Waals surface area (Å²) < 4.78 is 0. The molecule has 0 saturated heterocycles. The Morgan fingerprint density at radius 3 is 2.87 bits per heavy atom. The van der Waals surface area contributed by atoms with E-state index in [1.165, 1.54) is 11.1 Å². The van der Waals surface area contributed by atoms with Crippen molar-refractivity contribution in [3.05, 3.63) is 33.5 Å². The van der Waals surface area contributed by atoms with Gasteiger partial charge in [0, 0.05) is 18.7 Å². The zero-order valence-corrected chi connectivity index (χ0v) is 9.73. The number of aryl methyl sites for hydroxylation is 1. The van der Waals surface area contributed by atoms with Crippen molar-refractivity contribution in [2.75, 3.05) is 6.54 Å². The van der Waals surface area contributed by atoms with Gasteiger partial charge in [0.2, 0.25) is 0 Å². The monoisotopic (exact) mass is 225 g/mol. The molecule has 0 aromatic carbocycles. The molecule has 1 rings (SSSR count). The van der Waals surface area contributed by atoms with E-state index in [-0.39, 0.29) is 0 Å². The van der Waals surface area contributed by atoms with Gasteiger partial charge in [-0.2, -0.15) is 11.3 Å². The summed E-state index contributed by atoms with van der Waals surface area (Å²) in [5.41, 5.74) is 2.94. The molecule has 4 heteroatoms. The molecule has 0 spiro atoms. The first-order valence-corrected chi connectivity index (χ1v) is 5.68. The maximum absolute atomic E-state index is 10.5. The summed E-state index contributed by atoms with van der Waals surface area (Å²) in [7, 11) is 0. The zero-order valence-electron chi connectivity index (χ0n) is 8.91. The molecule has 3 nitrogen and oxygen atoms in total. The smallest absolute Gasteiger partial charge is 0.330 e. The molecule has 1 aromatic rings. The summed E-state index contributed by atoms with van der Waals surface area (Å²) in [6.07, 6.45) is 1.68. The summed E-state index contributed by atoms with van der Waals surface area (Å²) in [5, 5.41) is 16.0. The van der Waals surface area contributed by atoms with Crippen molar-refractivity contribution in [3.63, 3.8) is 0 Å². The maximum Gasteiger partial charge on any atom is 0.330 e. The van der Waals surface area contributed by atoms with Gasteiger partial charge < -0.3 is 10.4 Å². The topological polar surface area (TPSA) is 49.3 Å². The molecule has 82 valence electrons. The molecular formula is C11H15NO2S. The molecule has 0 bridgehead atoms. The normalized spacial score (nSPS) is 11.7. The first kappa shape index (κ1) is 11.9. The van der Waals surface area contributed by atoms with Crippen LogP contribution in [-0.4, -0.2) is 17.6 Å². The SMILES string of the molecule is C/C(=C/CNCc1cscc1C)C(=O)O. The number of rotatable bonds is 5. The fourth-order valence-electron chi connectivity index (χ4n) is 1.09. The molecule has 1 aromatic heterocycles. The van der Waals surface area contributed by atoms with Crippen molar-refractivity contribution in [3.8, 4) is 0 Å². The number of hydrogen-bond acceptors (Lipinski definition) is 3. The van der Waals surface area contributed by atoms with Crippen LogP contribution in [0.15, 0.2) is 22.4 Å². The number of carboxylic acids is 1. The molecule has 15 heavy (non-hydrogen) atoms. The number of hydrogen-bond donors (Lipinski definition) is 2. The van der Waals surface area contributed by atoms with Gasteiger partial charge in [0.05, 0.1) is 0 Å². The molecule has 0 aliphatic carbocycles. The lowest BCUT2D eigenvalue weighted by Crippen LogP contribution is -2.14. The van der Waals surface area contributed by atoms with E-state index >= 15 is 0 Å². The number of carboxylic acid groups (broad SMARTS) is 1. The zero-order chi connectivity index (χ0) is 11.3.